The lowest BCUT2D eigenvalue weighted by Crippen LogP contribution is -2.50. The third-order valence-corrected chi connectivity index (χ3v) is 8.88. The fourth-order valence-corrected chi connectivity index (χ4v) is 7.01. The van der Waals surface area contributed by atoms with Gasteiger partial charge in [-0.15, -0.1) is 0 Å². The van der Waals surface area contributed by atoms with E-state index in [1.807, 2.05) is 12.1 Å². The van der Waals surface area contributed by atoms with Crippen molar-refractivity contribution in [3.05, 3.63) is 64.7 Å². The molecule has 5 N–H and O–H groups in total. The molecule has 5 atom stereocenters. The Labute approximate surface area is 197 Å². The second-order valence-corrected chi connectivity index (χ2v) is 10.6. The summed E-state index contributed by atoms with van der Waals surface area (Å²) in [5.41, 5.74) is 9.35. The highest BCUT2D eigenvalue weighted by atomic mass is 16.3. The number of rotatable bonds is 4. The van der Waals surface area contributed by atoms with E-state index in [2.05, 4.69) is 54.4 Å². The van der Waals surface area contributed by atoms with Gasteiger partial charge >= 0.3 is 0 Å². The predicted octanol–water partition coefficient (Wildman–Crippen LogP) is 4.08. The third kappa shape index (κ3) is 3.97. The highest BCUT2D eigenvalue weighted by molar-refractivity contribution is 5.42. The number of aromatic hydroxyl groups is 1. The molecular weight excluding hydrogens is 408 g/mol. The first-order valence-electron chi connectivity index (χ1n) is 12.5. The SMILES string of the molecule is C[C@]12CC[C@@H]3c4ccc(O)cc4CC[C@H]3[C@@H]1CC[C@@]2(O)C#Cc1ccc(CNCCN)cc1. The zero-order valence-corrected chi connectivity index (χ0v) is 19.6. The molecule has 0 heterocycles. The molecule has 33 heavy (non-hydrogen) atoms. The van der Waals surface area contributed by atoms with Gasteiger partial charge in [-0.1, -0.05) is 37.0 Å². The molecule has 4 heteroatoms. The third-order valence-electron chi connectivity index (χ3n) is 8.88. The minimum atomic E-state index is -0.931. The number of phenols is 1. The first-order valence-corrected chi connectivity index (χ1v) is 12.5. The lowest BCUT2D eigenvalue weighted by molar-refractivity contribution is -0.0647. The lowest BCUT2D eigenvalue weighted by atomic mass is 9.53. The van der Waals surface area contributed by atoms with E-state index >= 15 is 0 Å². The van der Waals surface area contributed by atoms with Crippen molar-refractivity contribution in [1.29, 1.82) is 0 Å². The van der Waals surface area contributed by atoms with Gasteiger partial charge in [-0.2, -0.15) is 0 Å². The summed E-state index contributed by atoms with van der Waals surface area (Å²) in [5, 5.41) is 25.0. The van der Waals surface area contributed by atoms with Crippen molar-refractivity contribution in [2.45, 2.75) is 63.5 Å². The van der Waals surface area contributed by atoms with Crippen LogP contribution in [0.1, 0.15) is 67.2 Å². The predicted molar refractivity (Wildman–Crippen MR) is 132 cm³/mol. The Balaban J connectivity index is 1.34. The van der Waals surface area contributed by atoms with Crippen LogP contribution < -0.4 is 11.1 Å². The summed E-state index contributed by atoms with van der Waals surface area (Å²) < 4.78 is 0. The molecule has 2 fully saturated rings. The van der Waals surface area contributed by atoms with E-state index in [1.165, 1.54) is 16.7 Å². The topological polar surface area (TPSA) is 78.5 Å². The van der Waals surface area contributed by atoms with Gasteiger partial charge in [-0.05, 0) is 97.2 Å². The highest BCUT2D eigenvalue weighted by Gasteiger charge is 2.61. The number of nitrogens with one attached hydrogen (secondary N) is 1. The van der Waals surface area contributed by atoms with E-state index in [0.717, 1.165) is 57.2 Å². The highest BCUT2D eigenvalue weighted by Crippen LogP contribution is 2.64. The minimum Gasteiger partial charge on any atom is -0.508 e. The standard InChI is InChI=1S/C29H36N2O2/c1-28-13-11-25-24-9-7-23(32)18-22(24)6-8-26(25)27(28)12-15-29(28,33)14-10-20-2-4-21(5-3-20)19-31-17-16-30/h2-5,7,9,18,25-27,31-33H,6,8,11-13,15-17,19,30H2,1H3/t25-,26-,27+,28+,29+/m1/s1. The Bertz CT molecular complexity index is 1070. The Kier molecular flexibility index (Phi) is 5.99. The average Bonchev–Trinajstić information content (AvgIpc) is 3.09. The number of nitrogens with two attached hydrogens (primary N) is 1. The van der Waals surface area contributed by atoms with Gasteiger partial charge in [0.05, 0.1) is 0 Å². The van der Waals surface area contributed by atoms with Crippen LogP contribution in [0.15, 0.2) is 42.5 Å². The molecule has 2 aromatic carbocycles. The monoisotopic (exact) mass is 444 g/mol. The molecule has 0 unspecified atom stereocenters. The second-order valence-electron chi connectivity index (χ2n) is 10.6. The number of phenolic OH excluding ortho intramolecular Hbond substituents is 1. The van der Waals surface area contributed by atoms with E-state index in [1.54, 1.807) is 0 Å². The van der Waals surface area contributed by atoms with Crippen LogP contribution in [0.5, 0.6) is 5.75 Å². The first-order chi connectivity index (χ1) is 15.9. The summed E-state index contributed by atoms with van der Waals surface area (Å²) in [6.45, 7) is 4.54. The van der Waals surface area contributed by atoms with Crippen LogP contribution in [0, 0.1) is 29.1 Å². The lowest BCUT2D eigenvalue weighted by Gasteiger charge is -2.52. The fourth-order valence-electron chi connectivity index (χ4n) is 7.01. The number of aryl methyl sites for hydroxylation is 1. The molecule has 0 bridgehead atoms. The summed E-state index contributed by atoms with van der Waals surface area (Å²) in [4.78, 5) is 0. The van der Waals surface area contributed by atoms with Gasteiger partial charge in [0.15, 0.2) is 0 Å². The van der Waals surface area contributed by atoms with Crippen molar-refractivity contribution in [2.24, 2.45) is 23.0 Å². The molecule has 0 spiro atoms. The fraction of sp³-hybridized carbons (Fsp3) is 0.517. The van der Waals surface area contributed by atoms with Gasteiger partial charge in [0.2, 0.25) is 0 Å². The molecule has 2 saturated carbocycles. The van der Waals surface area contributed by atoms with E-state index in [9.17, 15) is 10.2 Å². The van der Waals surface area contributed by atoms with Crippen LogP contribution >= 0.6 is 0 Å². The summed E-state index contributed by atoms with van der Waals surface area (Å²) >= 11 is 0. The Morgan fingerprint density at radius 3 is 2.70 bits per heavy atom. The molecule has 4 nitrogen and oxygen atoms in total. The number of benzene rings is 2. The van der Waals surface area contributed by atoms with Crippen molar-refractivity contribution in [1.82, 2.24) is 5.32 Å². The van der Waals surface area contributed by atoms with Crippen molar-refractivity contribution >= 4 is 0 Å². The number of aliphatic hydroxyl groups is 1. The second kappa shape index (κ2) is 8.80. The van der Waals surface area contributed by atoms with Gasteiger partial charge in [0.1, 0.15) is 11.4 Å². The number of fused-ring (bicyclic) bond motifs is 5. The molecule has 0 saturated heterocycles. The molecule has 3 aliphatic carbocycles. The van der Waals surface area contributed by atoms with Crippen LogP contribution in [-0.2, 0) is 13.0 Å². The number of hydrogen-bond donors (Lipinski definition) is 4. The van der Waals surface area contributed by atoms with Gasteiger partial charge < -0.3 is 21.3 Å². The molecule has 5 rings (SSSR count). The van der Waals surface area contributed by atoms with E-state index in [-0.39, 0.29) is 5.41 Å². The normalized spacial score (nSPS) is 32.3. The van der Waals surface area contributed by atoms with Gasteiger partial charge in [0, 0.05) is 30.6 Å². The Morgan fingerprint density at radius 1 is 1.09 bits per heavy atom. The molecule has 2 aromatic rings. The average molecular weight is 445 g/mol. The van der Waals surface area contributed by atoms with E-state index in [0.29, 0.717) is 30.0 Å². The Morgan fingerprint density at radius 2 is 1.91 bits per heavy atom. The molecular formula is C29H36N2O2. The summed E-state index contributed by atoms with van der Waals surface area (Å²) in [6.07, 6.45) is 6.05. The van der Waals surface area contributed by atoms with Crippen LogP contribution in [0.25, 0.3) is 0 Å². The molecule has 0 amide bonds. The maximum Gasteiger partial charge on any atom is 0.131 e. The van der Waals surface area contributed by atoms with Crippen molar-refractivity contribution in [3.63, 3.8) is 0 Å². The summed E-state index contributed by atoms with van der Waals surface area (Å²) in [6, 6.07) is 14.2. The first kappa shape index (κ1) is 22.5. The van der Waals surface area contributed by atoms with Gasteiger partial charge in [0.25, 0.3) is 0 Å². The quantitative estimate of drug-likeness (QED) is 0.423. The Hall–Kier alpha value is -2.32. The van der Waals surface area contributed by atoms with E-state index < -0.39 is 5.60 Å². The zero-order chi connectivity index (χ0) is 23.1. The van der Waals surface area contributed by atoms with Gasteiger partial charge in [-0.3, -0.25) is 0 Å². The zero-order valence-electron chi connectivity index (χ0n) is 19.6. The molecule has 174 valence electrons. The van der Waals surface area contributed by atoms with Gasteiger partial charge in [-0.25, -0.2) is 0 Å². The smallest absolute Gasteiger partial charge is 0.131 e. The van der Waals surface area contributed by atoms with Crippen molar-refractivity contribution in [3.8, 4) is 17.6 Å². The molecule has 3 aliphatic rings. The summed E-state index contributed by atoms with van der Waals surface area (Å²) in [5.74, 6) is 8.66. The largest absolute Gasteiger partial charge is 0.508 e. The molecule has 0 aromatic heterocycles. The van der Waals surface area contributed by atoms with Crippen molar-refractivity contribution < 1.29 is 10.2 Å². The maximum absolute atomic E-state index is 11.8. The summed E-state index contributed by atoms with van der Waals surface area (Å²) in [7, 11) is 0. The van der Waals surface area contributed by atoms with E-state index in [4.69, 9.17) is 5.73 Å². The molecule has 0 radical (unpaired) electrons. The molecule has 0 aliphatic heterocycles. The van der Waals surface area contributed by atoms with Crippen LogP contribution in [0.4, 0.5) is 0 Å². The van der Waals surface area contributed by atoms with Crippen molar-refractivity contribution in [2.75, 3.05) is 13.1 Å². The maximum atomic E-state index is 11.8. The number of hydrogen-bond acceptors (Lipinski definition) is 4. The van der Waals surface area contributed by atoms with Crippen LogP contribution in [-0.4, -0.2) is 28.9 Å². The van der Waals surface area contributed by atoms with Crippen LogP contribution in [0.2, 0.25) is 0 Å². The minimum absolute atomic E-state index is 0.165. The van der Waals surface area contributed by atoms with Crippen LogP contribution in [0.3, 0.4) is 0 Å².